The zero-order chi connectivity index (χ0) is 13.2. The number of hydrogen-bond acceptors (Lipinski definition) is 4. The molecule has 1 aromatic rings. The van der Waals surface area contributed by atoms with Gasteiger partial charge in [0, 0.05) is 25.9 Å². The lowest BCUT2D eigenvalue weighted by Crippen LogP contribution is -2.43. The fourth-order valence-corrected chi connectivity index (χ4v) is 2.71. The van der Waals surface area contributed by atoms with Crippen molar-refractivity contribution in [3.8, 4) is 0 Å². The summed E-state index contributed by atoms with van der Waals surface area (Å²) in [6.07, 6.45) is 5.97. The molecule has 1 aliphatic rings. The molecule has 0 aliphatic carbocycles. The van der Waals surface area contributed by atoms with Gasteiger partial charge >= 0.3 is 0 Å². The van der Waals surface area contributed by atoms with Crippen LogP contribution in [0.5, 0.6) is 0 Å². The molecule has 2 rings (SSSR count). The van der Waals surface area contributed by atoms with E-state index in [4.69, 9.17) is 10.5 Å². The Morgan fingerprint density at radius 2 is 2.28 bits per heavy atom. The minimum atomic E-state index is 0.0272. The summed E-state index contributed by atoms with van der Waals surface area (Å²) in [5.41, 5.74) is 6.65. The van der Waals surface area contributed by atoms with Gasteiger partial charge in [-0.1, -0.05) is 13.8 Å². The van der Waals surface area contributed by atoms with Crippen LogP contribution in [0, 0.1) is 0 Å². The van der Waals surface area contributed by atoms with Gasteiger partial charge in [0.2, 0.25) is 0 Å². The highest BCUT2D eigenvalue weighted by atomic mass is 16.5. The first-order chi connectivity index (χ1) is 8.58. The van der Waals surface area contributed by atoms with Gasteiger partial charge in [0.1, 0.15) is 0 Å². The van der Waals surface area contributed by atoms with Crippen LogP contribution < -0.4 is 11.1 Å². The van der Waals surface area contributed by atoms with Crippen LogP contribution in [-0.4, -0.2) is 28.0 Å². The molecule has 0 bridgehead atoms. The van der Waals surface area contributed by atoms with E-state index in [2.05, 4.69) is 24.3 Å². The fraction of sp³-hybridized carbons (Fsp3) is 0.769. The lowest BCUT2D eigenvalue weighted by Gasteiger charge is -2.40. The molecule has 0 aromatic carbocycles. The van der Waals surface area contributed by atoms with Crippen molar-refractivity contribution in [1.82, 2.24) is 9.78 Å². The fourth-order valence-electron chi connectivity index (χ4n) is 2.71. The molecule has 0 radical (unpaired) electrons. The standard InChI is InChI=1S/C13H24N4O/c1-4-13(5-2)8-10(6-7-18-13)15-12-11(14)9-17(3)16-12/h9-10H,4-8,14H2,1-3H3,(H,15,16). The van der Waals surface area contributed by atoms with Gasteiger partial charge in [-0.2, -0.15) is 5.10 Å². The first-order valence-corrected chi connectivity index (χ1v) is 6.78. The van der Waals surface area contributed by atoms with E-state index in [0.29, 0.717) is 11.7 Å². The smallest absolute Gasteiger partial charge is 0.171 e. The Morgan fingerprint density at radius 1 is 1.56 bits per heavy atom. The number of ether oxygens (including phenoxy) is 1. The second-order valence-corrected chi connectivity index (χ2v) is 5.18. The zero-order valence-electron chi connectivity index (χ0n) is 11.6. The van der Waals surface area contributed by atoms with Gasteiger partial charge < -0.3 is 15.8 Å². The number of nitrogens with zero attached hydrogens (tertiary/aromatic N) is 2. The molecule has 2 heterocycles. The maximum absolute atomic E-state index is 5.97. The number of aryl methyl sites for hydroxylation is 1. The van der Waals surface area contributed by atoms with Crippen molar-refractivity contribution in [1.29, 1.82) is 0 Å². The van der Waals surface area contributed by atoms with Gasteiger partial charge in [0.15, 0.2) is 5.82 Å². The Kier molecular flexibility index (Phi) is 3.80. The zero-order valence-corrected chi connectivity index (χ0v) is 11.6. The Hall–Kier alpha value is -1.23. The van der Waals surface area contributed by atoms with Crippen LogP contribution in [0.25, 0.3) is 0 Å². The minimum Gasteiger partial charge on any atom is -0.394 e. The number of aromatic nitrogens is 2. The molecule has 1 aromatic heterocycles. The monoisotopic (exact) mass is 252 g/mol. The largest absolute Gasteiger partial charge is 0.394 e. The molecule has 0 saturated carbocycles. The second kappa shape index (κ2) is 5.18. The van der Waals surface area contributed by atoms with E-state index in [9.17, 15) is 0 Å². The van der Waals surface area contributed by atoms with E-state index in [1.54, 1.807) is 4.68 Å². The summed E-state index contributed by atoms with van der Waals surface area (Å²) in [6.45, 7) is 5.20. The third-order valence-corrected chi connectivity index (χ3v) is 3.98. The second-order valence-electron chi connectivity index (χ2n) is 5.18. The van der Waals surface area contributed by atoms with Gasteiger partial charge in [-0.25, -0.2) is 0 Å². The Bertz CT molecular complexity index is 398. The maximum atomic E-state index is 5.97. The number of hydrogen-bond donors (Lipinski definition) is 2. The number of nitrogens with one attached hydrogen (secondary N) is 1. The van der Waals surface area contributed by atoms with E-state index in [1.165, 1.54) is 0 Å². The lowest BCUT2D eigenvalue weighted by molar-refractivity contribution is -0.0864. The summed E-state index contributed by atoms with van der Waals surface area (Å²) in [6, 6.07) is 0.399. The van der Waals surface area contributed by atoms with Crippen molar-refractivity contribution in [3.05, 3.63) is 6.20 Å². The predicted octanol–water partition coefficient (Wildman–Crippen LogP) is 2.15. The predicted molar refractivity (Wildman–Crippen MR) is 73.5 cm³/mol. The molecule has 1 unspecified atom stereocenters. The van der Waals surface area contributed by atoms with E-state index in [-0.39, 0.29) is 5.60 Å². The van der Waals surface area contributed by atoms with Crippen LogP contribution in [0.4, 0.5) is 11.5 Å². The van der Waals surface area contributed by atoms with Crippen LogP contribution in [0.3, 0.4) is 0 Å². The minimum absolute atomic E-state index is 0.0272. The van der Waals surface area contributed by atoms with E-state index in [0.717, 1.165) is 38.1 Å². The van der Waals surface area contributed by atoms with Crippen molar-refractivity contribution in [2.45, 2.75) is 51.2 Å². The van der Waals surface area contributed by atoms with E-state index >= 15 is 0 Å². The highest BCUT2D eigenvalue weighted by molar-refractivity contribution is 5.60. The molecule has 1 atom stereocenters. The average Bonchev–Trinajstić information content (AvgIpc) is 2.68. The molecule has 0 amide bonds. The Labute approximate surface area is 109 Å². The van der Waals surface area contributed by atoms with Crippen molar-refractivity contribution < 1.29 is 4.74 Å². The molecular formula is C13H24N4O. The van der Waals surface area contributed by atoms with Gasteiger partial charge in [0.05, 0.1) is 11.3 Å². The first kappa shape index (κ1) is 13.2. The van der Waals surface area contributed by atoms with Crippen LogP contribution in [-0.2, 0) is 11.8 Å². The number of nitrogen functional groups attached to an aromatic ring is 1. The van der Waals surface area contributed by atoms with Crippen molar-refractivity contribution in [2.75, 3.05) is 17.7 Å². The third kappa shape index (κ3) is 2.61. The lowest BCUT2D eigenvalue weighted by atomic mass is 9.86. The van der Waals surface area contributed by atoms with E-state index in [1.807, 2.05) is 13.2 Å². The molecule has 5 nitrogen and oxygen atoms in total. The van der Waals surface area contributed by atoms with Gasteiger partial charge in [0.25, 0.3) is 0 Å². The Morgan fingerprint density at radius 3 is 2.83 bits per heavy atom. The van der Waals surface area contributed by atoms with Crippen molar-refractivity contribution in [3.63, 3.8) is 0 Å². The molecule has 5 heteroatoms. The highest BCUT2D eigenvalue weighted by Crippen LogP contribution is 2.33. The first-order valence-electron chi connectivity index (χ1n) is 6.78. The quantitative estimate of drug-likeness (QED) is 0.861. The summed E-state index contributed by atoms with van der Waals surface area (Å²) >= 11 is 0. The molecule has 18 heavy (non-hydrogen) atoms. The summed E-state index contributed by atoms with van der Waals surface area (Å²) in [5.74, 6) is 0.797. The SMILES string of the molecule is CCC1(CC)CC(Nc2nn(C)cc2N)CCO1. The molecule has 1 saturated heterocycles. The molecule has 1 aliphatic heterocycles. The third-order valence-electron chi connectivity index (χ3n) is 3.98. The van der Waals surface area contributed by atoms with Gasteiger partial charge in [-0.3, -0.25) is 4.68 Å². The van der Waals surface area contributed by atoms with Crippen LogP contribution >= 0.6 is 0 Å². The van der Waals surface area contributed by atoms with Crippen LogP contribution in [0.1, 0.15) is 39.5 Å². The Balaban J connectivity index is 2.03. The summed E-state index contributed by atoms with van der Waals surface area (Å²) in [5, 5.41) is 7.80. The van der Waals surface area contributed by atoms with Crippen molar-refractivity contribution >= 4 is 11.5 Å². The summed E-state index contributed by atoms with van der Waals surface area (Å²) in [4.78, 5) is 0. The summed E-state index contributed by atoms with van der Waals surface area (Å²) in [7, 11) is 1.88. The van der Waals surface area contributed by atoms with E-state index < -0.39 is 0 Å². The van der Waals surface area contributed by atoms with Gasteiger partial charge in [-0.05, 0) is 25.7 Å². The topological polar surface area (TPSA) is 65.1 Å². The summed E-state index contributed by atoms with van der Waals surface area (Å²) < 4.78 is 7.71. The van der Waals surface area contributed by atoms with Crippen molar-refractivity contribution in [2.24, 2.45) is 7.05 Å². The molecule has 3 N–H and O–H groups in total. The molecule has 1 fully saturated rings. The normalized spacial score (nSPS) is 22.9. The average molecular weight is 252 g/mol. The maximum Gasteiger partial charge on any atom is 0.171 e. The van der Waals surface area contributed by atoms with Gasteiger partial charge in [-0.15, -0.1) is 0 Å². The highest BCUT2D eigenvalue weighted by Gasteiger charge is 2.34. The molecule has 102 valence electrons. The molecule has 0 spiro atoms. The number of nitrogens with two attached hydrogens (primary N) is 1. The molecular weight excluding hydrogens is 228 g/mol. The van der Waals surface area contributed by atoms with Crippen LogP contribution in [0.15, 0.2) is 6.20 Å². The number of anilines is 2. The van der Waals surface area contributed by atoms with Crippen LogP contribution in [0.2, 0.25) is 0 Å². The number of rotatable bonds is 4.